The molecule has 1 aliphatic carbocycles. The average Bonchev–Trinajstić information content (AvgIpc) is 2.58. The fourth-order valence-corrected chi connectivity index (χ4v) is 3.34. The molecule has 0 aliphatic heterocycles. The summed E-state index contributed by atoms with van der Waals surface area (Å²) in [6.45, 7) is 2.20. The first-order chi connectivity index (χ1) is 11.2. The molecule has 1 aromatic carbocycles. The van der Waals surface area contributed by atoms with E-state index in [4.69, 9.17) is 16.3 Å². The highest BCUT2D eigenvalue weighted by Crippen LogP contribution is 2.38. The molecule has 0 amide bonds. The van der Waals surface area contributed by atoms with Crippen LogP contribution < -0.4 is 4.74 Å². The van der Waals surface area contributed by atoms with E-state index in [0.717, 1.165) is 42.7 Å². The van der Waals surface area contributed by atoms with E-state index < -0.39 is 5.82 Å². The number of ether oxygens (including phenoxy) is 1. The lowest BCUT2D eigenvalue weighted by Crippen LogP contribution is -2.06. The largest absolute Gasteiger partial charge is 0.494 e. The molecule has 0 saturated heterocycles. The molecular weight excluding hydrogens is 311 g/mol. The number of unbranched alkanes of at least 4 members (excludes halogenated alkanes) is 1. The van der Waals surface area contributed by atoms with Crippen molar-refractivity contribution in [1.29, 1.82) is 0 Å². The summed E-state index contributed by atoms with van der Waals surface area (Å²) in [6, 6.07) is 3.52. The maximum absolute atomic E-state index is 14.1. The Bertz CT molecular complexity index is 577. The summed E-state index contributed by atoms with van der Waals surface area (Å²) < 4.78 is 19.0. The average molecular weight is 337 g/mol. The standard InChI is InChI=1S/C20H26ClFO/c1-3-4-5-6-7-8-15-9-11-16(12-10-15)17-13-14-18(23-2)20(22)19(17)21/h5-6,11,13-15H,3-4,7-10,12H2,1-2H3. The number of rotatable bonds is 7. The molecule has 1 aromatic rings. The summed E-state index contributed by atoms with van der Waals surface area (Å²) >= 11 is 6.17. The molecule has 0 N–H and O–H groups in total. The summed E-state index contributed by atoms with van der Waals surface area (Å²) in [5, 5.41) is 0.177. The zero-order chi connectivity index (χ0) is 16.7. The monoisotopic (exact) mass is 336 g/mol. The van der Waals surface area contributed by atoms with Crippen LogP contribution in [0.2, 0.25) is 5.02 Å². The second kappa shape index (κ2) is 9.12. The van der Waals surface area contributed by atoms with Crippen LogP contribution in [0.1, 0.15) is 57.4 Å². The van der Waals surface area contributed by atoms with E-state index >= 15 is 0 Å². The van der Waals surface area contributed by atoms with Gasteiger partial charge in [-0.2, -0.15) is 0 Å². The lowest BCUT2D eigenvalue weighted by molar-refractivity contribution is 0.386. The molecule has 0 spiro atoms. The number of benzene rings is 1. The van der Waals surface area contributed by atoms with Crippen LogP contribution in [0.25, 0.3) is 5.57 Å². The van der Waals surface area contributed by atoms with E-state index in [-0.39, 0.29) is 10.8 Å². The Kier molecular flexibility index (Phi) is 7.16. The van der Waals surface area contributed by atoms with Crippen molar-refractivity contribution in [3.8, 4) is 5.75 Å². The number of methoxy groups -OCH3 is 1. The van der Waals surface area contributed by atoms with Gasteiger partial charge >= 0.3 is 0 Å². The van der Waals surface area contributed by atoms with Crippen molar-refractivity contribution in [3.05, 3.63) is 46.8 Å². The van der Waals surface area contributed by atoms with E-state index in [0.29, 0.717) is 0 Å². The molecule has 1 nitrogen and oxygen atoms in total. The quantitative estimate of drug-likeness (QED) is 0.497. The van der Waals surface area contributed by atoms with Gasteiger partial charge in [0.1, 0.15) is 0 Å². The molecule has 0 heterocycles. The van der Waals surface area contributed by atoms with E-state index in [1.807, 2.05) is 6.07 Å². The van der Waals surface area contributed by atoms with Gasteiger partial charge in [-0.3, -0.25) is 0 Å². The fourth-order valence-electron chi connectivity index (χ4n) is 3.07. The zero-order valence-electron chi connectivity index (χ0n) is 14.1. The van der Waals surface area contributed by atoms with Crippen molar-refractivity contribution in [2.45, 2.75) is 51.9 Å². The summed E-state index contributed by atoms with van der Waals surface area (Å²) in [5.74, 6) is 0.467. The lowest BCUT2D eigenvalue weighted by atomic mass is 9.84. The van der Waals surface area contributed by atoms with Gasteiger partial charge in [-0.1, -0.05) is 43.2 Å². The third-order valence-electron chi connectivity index (χ3n) is 4.50. The highest BCUT2D eigenvalue weighted by atomic mass is 35.5. The van der Waals surface area contributed by atoms with Crippen LogP contribution in [-0.2, 0) is 0 Å². The number of allylic oxidation sites excluding steroid dienone is 4. The van der Waals surface area contributed by atoms with Gasteiger partial charge in [0.2, 0.25) is 0 Å². The number of halogens is 2. The van der Waals surface area contributed by atoms with Gasteiger partial charge < -0.3 is 4.74 Å². The molecular formula is C20H26ClFO. The van der Waals surface area contributed by atoms with Gasteiger partial charge in [0.15, 0.2) is 11.6 Å². The molecule has 0 saturated carbocycles. The van der Waals surface area contributed by atoms with Gasteiger partial charge in [-0.25, -0.2) is 4.39 Å². The van der Waals surface area contributed by atoms with E-state index in [2.05, 4.69) is 25.2 Å². The normalized spacial score (nSPS) is 18.3. The molecule has 2 rings (SSSR count). The molecule has 1 aliphatic rings. The molecule has 0 radical (unpaired) electrons. The maximum atomic E-state index is 14.1. The zero-order valence-corrected chi connectivity index (χ0v) is 14.8. The molecule has 0 aromatic heterocycles. The van der Waals surface area contributed by atoms with Gasteiger partial charge in [0.25, 0.3) is 0 Å². The Balaban J connectivity index is 1.95. The van der Waals surface area contributed by atoms with Gasteiger partial charge in [0, 0.05) is 0 Å². The van der Waals surface area contributed by atoms with Gasteiger partial charge in [0.05, 0.1) is 12.1 Å². The molecule has 126 valence electrons. The van der Waals surface area contributed by atoms with Crippen molar-refractivity contribution in [3.63, 3.8) is 0 Å². The summed E-state index contributed by atoms with van der Waals surface area (Å²) in [5.41, 5.74) is 1.97. The van der Waals surface area contributed by atoms with Crippen LogP contribution in [0.5, 0.6) is 5.75 Å². The minimum Gasteiger partial charge on any atom is -0.494 e. The Morgan fingerprint density at radius 1 is 1.30 bits per heavy atom. The van der Waals surface area contributed by atoms with Crippen molar-refractivity contribution in [2.75, 3.05) is 7.11 Å². The minimum absolute atomic E-state index is 0.177. The second-order valence-electron chi connectivity index (χ2n) is 6.15. The van der Waals surface area contributed by atoms with Crippen molar-refractivity contribution < 1.29 is 9.13 Å². The fraction of sp³-hybridized carbons (Fsp3) is 0.500. The van der Waals surface area contributed by atoms with Crippen molar-refractivity contribution >= 4 is 17.2 Å². The van der Waals surface area contributed by atoms with Crippen LogP contribution in [-0.4, -0.2) is 7.11 Å². The molecule has 0 fully saturated rings. The molecule has 3 heteroatoms. The molecule has 1 atom stereocenters. The predicted octanol–water partition coefficient (Wildman–Crippen LogP) is 6.81. The minimum atomic E-state index is -0.462. The van der Waals surface area contributed by atoms with Gasteiger partial charge in [-0.05, 0) is 67.7 Å². The molecule has 0 bridgehead atoms. The van der Waals surface area contributed by atoms with Crippen LogP contribution >= 0.6 is 11.6 Å². The van der Waals surface area contributed by atoms with Gasteiger partial charge in [-0.15, -0.1) is 0 Å². The summed E-state index contributed by atoms with van der Waals surface area (Å²) in [6.07, 6.45) is 14.8. The highest BCUT2D eigenvalue weighted by molar-refractivity contribution is 6.32. The summed E-state index contributed by atoms with van der Waals surface area (Å²) in [7, 11) is 1.45. The van der Waals surface area contributed by atoms with E-state index in [1.165, 1.54) is 26.4 Å². The van der Waals surface area contributed by atoms with Crippen LogP contribution in [0.3, 0.4) is 0 Å². The maximum Gasteiger partial charge on any atom is 0.184 e. The van der Waals surface area contributed by atoms with Crippen molar-refractivity contribution in [1.82, 2.24) is 0 Å². The third kappa shape index (κ3) is 4.84. The number of hydrogen-bond acceptors (Lipinski definition) is 1. The van der Waals surface area contributed by atoms with Crippen LogP contribution in [0.15, 0.2) is 30.4 Å². The first-order valence-electron chi connectivity index (χ1n) is 8.53. The first-order valence-corrected chi connectivity index (χ1v) is 8.91. The van der Waals surface area contributed by atoms with Crippen molar-refractivity contribution in [2.24, 2.45) is 5.92 Å². The second-order valence-corrected chi connectivity index (χ2v) is 6.53. The van der Waals surface area contributed by atoms with Crippen LogP contribution in [0.4, 0.5) is 4.39 Å². The third-order valence-corrected chi connectivity index (χ3v) is 4.87. The van der Waals surface area contributed by atoms with E-state index in [1.54, 1.807) is 6.07 Å². The Hall–Kier alpha value is -1.28. The smallest absolute Gasteiger partial charge is 0.184 e. The number of hydrogen-bond donors (Lipinski definition) is 0. The Morgan fingerprint density at radius 2 is 2.09 bits per heavy atom. The first kappa shape index (κ1) is 18.1. The molecule has 23 heavy (non-hydrogen) atoms. The lowest BCUT2D eigenvalue weighted by Gasteiger charge is -2.22. The topological polar surface area (TPSA) is 9.23 Å². The SMILES string of the molecule is CCCC=CCCC1CC=C(c2ccc(OC)c(F)c2Cl)CC1. The van der Waals surface area contributed by atoms with Crippen LogP contribution in [0, 0.1) is 11.7 Å². The molecule has 1 unspecified atom stereocenters. The Morgan fingerprint density at radius 3 is 2.74 bits per heavy atom. The summed E-state index contributed by atoms with van der Waals surface area (Å²) in [4.78, 5) is 0. The predicted molar refractivity (Wildman–Crippen MR) is 96.6 cm³/mol. The highest BCUT2D eigenvalue weighted by Gasteiger charge is 2.19. The Labute approximate surface area is 144 Å². The van der Waals surface area contributed by atoms with E-state index in [9.17, 15) is 4.39 Å².